The van der Waals surface area contributed by atoms with E-state index in [1.54, 1.807) is 0 Å². The van der Waals surface area contributed by atoms with Gasteiger partial charge in [-0.1, -0.05) is 26.0 Å². The summed E-state index contributed by atoms with van der Waals surface area (Å²) in [5, 5.41) is 3.52. The van der Waals surface area contributed by atoms with Crippen molar-refractivity contribution in [1.82, 2.24) is 5.32 Å². The Kier molecular flexibility index (Phi) is 4.65. The molecule has 2 rings (SSSR count). The minimum atomic E-state index is 0.292. The van der Waals surface area contributed by atoms with Crippen LogP contribution in [0.5, 0.6) is 5.75 Å². The fraction of sp³-hybridized carbons (Fsp3) is 0.625. The number of hydrogen-bond acceptors (Lipinski definition) is 2. The van der Waals surface area contributed by atoms with Gasteiger partial charge >= 0.3 is 0 Å². The van der Waals surface area contributed by atoms with Crippen molar-refractivity contribution in [3.05, 3.63) is 29.8 Å². The SMILES string of the molecule is CC(C)CC(C)Oc1ccc(CNC2CC2)cc1. The fourth-order valence-electron chi connectivity index (χ4n) is 2.18. The predicted molar refractivity (Wildman–Crippen MR) is 75.8 cm³/mol. The Morgan fingerprint density at radius 2 is 1.83 bits per heavy atom. The molecular formula is C16H25NO. The van der Waals surface area contributed by atoms with E-state index in [1.807, 2.05) is 0 Å². The normalized spacial score (nSPS) is 16.9. The lowest BCUT2D eigenvalue weighted by Gasteiger charge is -2.16. The molecule has 1 aromatic rings. The number of ether oxygens (including phenoxy) is 1. The first kappa shape index (κ1) is 13.4. The van der Waals surface area contributed by atoms with E-state index in [0.717, 1.165) is 24.8 Å². The molecule has 0 saturated heterocycles. The van der Waals surface area contributed by atoms with E-state index >= 15 is 0 Å². The predicted octanol–water partition coefficient (Wildman–Crippen LogP) is 3.75. The van der Waals surface area contributed by atoms with E-state index in [0.29, 0.717) is 12.0 Å². The van der Waals surface area contributed by atoms with Gasteiger partial charge in [-0.05, 0) is 49.8 Å². The Hall–Kier alpha value is -1.02. The molecule has 0 heterocycles. The van der Waals surface area contributed by atoms with Crippen molar-refractivity contribution in [2.45, 2.75) is 58.7 Å². The third-order valence-electron chi connectivity index (χ3n) is 3.24. The average Bonchev–Trinajstić information content (AvgIpc) is 3.11. The summed E-state index contributed by atoms with van der Waals surface area (Å²) in [5.74, 6) is 1.67. The molecule has 1 aliphatic rings. The van der Waals surface area contributed by atoms with Gasteiger partial charge in [0.05, 0.1) is 6.10 Å². The molecule has 1 atom stereocenters. The summed E-state index contributed by atoms with van der Waals surface area (Å²) < 4.78 is 5.90. The lowest BCUT2D eigenvalue weighted by Crippen LogP contribution is -2.16. The molecule has 18 heavy (non-hydrogen) atoms. The minimum Gasteiger partial charge on any atom is -0.491 e. The molecule has 2 heteroatoms. The summed E-state index contributed by atoms with van der Waals surface area (Å²) in [6.45, 7) is 7.58. The summed E-state index contributed by atoms with van der Waals surface area (Å²) >= 11 is 0. The van der Waals surface area contributed by atoms with E-state index in [4.69, 9.17) is 4.74 Å². The second-order valence-electron chi connectivity index (χ2n) is 5.86. The quantitative estimate of drug-likeness (QED) is 0.792. The average molecular weight is 247 g/mol. The Balaban J connectivity index is 1.78. The van der Waals surface area contributed by atoms with Crippen molar-refractivity contribution in [1.29, 1.82) is 0 Å². The summed E-state index contributed by atoms with van der Waals surface area (Å²) in [6, 6.07) is 9.26. The molecule has 1 saturated carbocycles. The Bertz CT molecular complexity index is 354. The molecule has 0 bridgehead atoms. The zero-order valence-electron chi connectivity index (χ0n) is 11.8. The molecule has 1 aromatic carbocycles. The van der Waals surface area contributed by atoms with Crippen LogP contribution in [0.3, 0.4) is 0 Å². The van der Waals surface area contributed by atoms with Crippen LogP contribution in [0.4, 0.5) is 0 Å². The Morgan fingerprint density at radius 1 is 1.17 bits per heavy atom. The Labute approximate surface area is 111 Å². The number of nitrogens with one attached hydrogen (secondary N) is 1. The smallest absolute Gasteiger partial charge is 0.119 e. The lowest BCUT2D eigenvalue weighted by atomic mass is 10.1. The van der Waals surface area contributed by atoms with Crippen molar-refractivity contribution in [2.24, 2.45) is 5.92 Å². The summed E-state index contributed by atoms with van der Waals surface area (Å²) in [7, 11) is 0. The standard InChI is InChI=1S/C16H25NO/c1-12(2)10-13(3)18-16-8-4-14(5-9-16)11-17-15-6-7-15/h4-5,8-9,12-13,15,17H,6-7,10-11H2,1-3H3. The third kappa shape index (κ3) is 4.69. The van der Waals surface area contributed by atoms with Gasteiger partial charge in [0, 0.05) is 12.6 Å². The van der Waals surface area contributed by atoms with Gasteiger partial charge in [-0.3, -0.25) is 0 Å². The van der Waals surface area contributed by atoms with Crippen LogP contribution in [0, 0.1) is 5.92 Å². The van der Waals surface area contributed by atoms with E-state index in [-0.39, 0.29) is 0 Å². The van der Waals surface area contributed by atoms with Crippen LogP contribution < -0.4 is 10.1 Å². The van der Waals surface area contributed by atoms with Crippen molar-refractivity contribution in [2.75, 3.05) is 0 Å². The van der Waals surface area contributed by atoms with Gasteiger partial charge in [-0.2, -0.15) is 0 Å². The maximum atomic E-state index is 5.90. The highest BCUT2D eigenvalue weighted by atomic mass is 16.5. The molecule has 0 aromatic heterocycles. The van der Waals surface area contributed by atoms with Crippen LogP contribution in [0.25, 0.3) is 0 Å². The number of hydrogen-bond donors (Lipinski definition) is 1. The topological polar surface area (TPSA) is 21.3 Å². The zero-order chi connectivity index (χ0) is 13.0. The maximum absolute atomic E-state index is 5.90. The largest absolute Gasteiger partial charge is 0.491 e. The lowest BCUT2D eigenvalue weighted by molar-refractivity contribution is 0.193. The van der Waals surface area contributed by atoms with Crippen LogP contribution in [0.2, 0.25) is 0 Å². The van der Waals surface area contributed by atoms with Gasteiger partial charge in [0.2, 0.25) is 0 Å². The van der Waals surface area contributed by atoms with E-state index in [2.05, 4.69) is 50.4 Å². The number of benzene rings is 1. The van der Waals surface area contributed by atoms with Gasteiger partial charge in [-0.25, -0.2) is 0 Å². The van der Waals surface area contributed by atoms with Crippen molar-refractivity contribution in [3.63, 3.8) is 0 Å². The first-order chi connectivity index (χ1) is 8.63. The highest BCUT2D eigenvalue weighted by Crippen LogP contribution is 2.20. The highest BCUT2D eigenvalue weighted by molar-refractivity contribution is 5.27. The first-order valence-electron chi connectivity index (χ1n) is 7.12. The van der Waals surface area contributed by atoms with Crippen LogP contribution in [-0.4, -0.2) is 12.1 Å². The van der Waals surface area contributed by atoms with Crippen LogP contribution in [-0.2, 0) is 6.54 Å². The Morgan fingerprint density at radius 3 is 2.39 bits per heavy atom. The fourth-order valence-corrected chi connectivity index (χ4v) is 2.18. The second kappa shape index (κ2) is 6.24. The van der Waals surface area contributed by atoms with Crippen molar-refractivity contribution < 1.29 is 4.74 Å². The first-order valence-corrected chi connectivity index (χ1v) is 7.12. The molecule has 2 nitrogen and oxygen atoms in total. The minimum absolute atomic E-state index is 0.292. The molecule has 0 spiro atoms. The number of rotatable bonds is 7. The summed E-state index contributed by atoms with van der Waals surface area (Å²) in [6.07, 6.45) is 4.08. The summed E-state index contributed by atoms with van der Waals surface area (Å²) in [4.78, 5) is 0. The molecule has 0 aliphatic heterocycles. The zero-order valence-corrected chi connectivity index (χ0v) is 11.8. The maximum Gasteiger partial charge on any atom is 0.119 e. The molecule has 1 N–H and O–H groups in total. The van der Waals surface area contributed by atoms with Gasteiger partial charge in [0.25, 0.3) is 0 Å². The molecule has 0 amide bonds. The second-order valence-corrected chi connectivity index (χ2v) is 5.86. The van der Waals surface area contributed by atoms with E-state index in [1.165, 1.54) is 18.4 Å². The van der Waals surface area contributed by atoms with Crippen molar-refractivity contribution in [3.8, 4) is 5.75 Å². The molecule has 1 fully saturated rings. The van der Waals surface area contributed by atoms with Crippen molar-refractivity contribution >= 4 is 0 Å². The van der Waals surface area contributed by atoms with Gasteiger partial charge in [0.15, 0.2) is 0 Å². The van der Waals surface area contributed by atoms with Gasteiger partial charge in [0.1, 0.15) is 5.75 Å². The van der Waals surface area contributed by atoms with E-state index in [9.17, 15) is 0 Å². The van der Waals surface area contributed by atoms with Gasteiger partial charge < -0.3 is 10.1 Å². The van der Waals surface area contributed by atoms with Crippen LogP contribution in [0.1, 0.15) is 45.6 Å². The summed E-state index contributed by atoms with van der Waals surface area (Å²) in [5.41, 5.74) is 1.34. The van der Waals surface area contributed by atoms with Crippen LogP contribution >= 0.6 is 0 Å². The highest BCUT2D eigenvalue weighted by Gasteiger charge is 2.19. The molecule has 100 valence electrons. The molecule has 1 unspecified atom stereocenters. The van der Waals surface area contributed by atoms with Crippen LogP contribution in [0.15, 0.2) is 24.3 Å². The molecule has 1 aliphatic carbocycles. The monoisotopic (exact) mass is 247 g/mol. The third-order valence-corrected chi connectivity index (χ3v) is 3.24. The van der Waals surface area contributed by atoms with E-state index < -0.39 is 0 Å². The molecular weight excluding hydrogens is 222 g/mol. The van der Waals surface area contributed by atoms with Gasteiger partial charge in [-0.15, -0.1) is 0 Å². The molecule has 0 radical (unpaired) electrons.